The Labute approximate surface area is 119 Å². The first-order valence-corrected chi connectivity index (χ1v) is 7.57. The number of hydrogen-bond donors (Lipinski definition) is 1. The lowest BCUT2D eigenvalue weighted by molar-refractivity contribution is 0.686. The molecule has 4 heteroatoms. The Hall–Kier alpha value is -2.20. The maximum atomic E-state index is 12.3. The molecular weight excluding hydrogens is 268 g/mol. The Bertz CT molecular complexity index is 873. The van der Waals surface area contributed by atoms with Gasteiger partial charge in [-0.2, -0.15) is 0 Å². The van der Waals surface area contributed by atoms with E-state index in [0.717, 1.165) is 32.6 Å². The molecule has 0 saturated heterocycles. The number of aryl methyl sites for hydroxylation is 1. The smallest absolute Gasteiger partial charge is 0.151 e. The van der Waals surface area contributed by atoms with Gasteiger partial charge >= 0.3 is 0 Å². The number of fused-ring (bicyclic) bond motifs is 5. The summed E-state index contributed by atoms with van der Waals surface area (Å²) in [6.45, 7) is 2.08. The van der Waals surface area contributed by atoms with Crippen molar-refractivity contribution in [1.82, 2.24) is 4.98 Å². The van der Waals surface area contributed by atoms with E-state index < -0.39 is 11.0 Å². The molecule has 0 bridgehead atoms. The van der Waals surface area contributed by atoms with Gasteiger partial charge in [-0.15, -0.1) is 0 Å². The second kappa shape index (κ2) is 4.15. The molecule has 0 spiro atoms. The van der Waals surface area contributed by atoms with Gasteiger partial charge in [0, 0.05) is 22.7 Å². The molecule has 1 N–H and O–H groups in total. The van der Waals surface area contributed by atoms with E-state index in [9.17, 15) is 4.21 Å². The Balaban J connectivity index is 2.16. The molecule has 0 radical (unpaired) electrons. The first kappa shape index (κ1) is 11.6. The fourth-order valence-electron chi connectivity index (χ4n) is 2.73. The van der Waals surface area contributed by atoms with Crippen LogP contribution in [0.5, 0.6) is 0 Å². The van der Waals surface area contributed by atoms with Crippen LogP contribution < -0.4 is 4.72 Å². The molecule has 3 nitrogen and oxygen atoms in total. The molecule has 3 aromatic rings. The van der Waals surface area contributed by atoms with E-state index in [4.69, 9.17) is 0 Å². The quantitative estimate of drug-likeness (QED) is 0.683. The maximum absolute atomic E-state index is 12.3. The summed E-state index contributed by atoms with van der Waals surface area (Å²) in [5.74, 6) is 0. The summed E-state index contributed by atoms with van der Waals surface area (Å²) in [6, 6.07) is 13.9. The van der Waals surface area contributed by atoms with Crippen molar-refractivity contribution in [3.05, 3.63) is 54.2 Å². The molecule has 20 heavy (non-hydrogen) atoms. The number of rotatable bonds is 0. The molecule has 2 heterocycles. The third kappa shape index (κ3) is 1.51. The SMILES string of the molecule is Cc1cc2c(c3ncccc13)NS(=O)c1ccccc1-2. The Morgan fingerprint density at radius 3 is 2.85 bits per heavy atom. The largest absolute Gasteiger partial charge is 0.298 e. The molecule has 1 aliphatic heterocycles. The van der Waals surface area contributed by atoms with Crippen LogP contribution in [0.15, 0.2) is 53.6 Å². The van der Waals surface area contributed by atoms with Crippen molar-refractivity contribution in [3.63, 3.8) is 0 Å². The van der Waals surface area contributed by atoms with Crippen LogP contribution in [0.3, 0.4) is 0 Å². The zero-order valence-corrected chi connectivity index (χ0v) is 11.7. The standard InChI is InChI=1S/C16H12N2OS/c1-10-9-13-12-5-2-3-7-14(12)20(19)18-16(13)15-11(10)6-4-8-17-15/h2-9,18H,1H3. The van der Waals surface area contributed by atoms with E-state index in [1.54, 1.807) is 6.20 Å². The van der Waals surface area contributed by atoms with Crippen molar-refractivity contribution >= 4 is 27.6 Å². The summed E-state index contributed by atoms with van der Waals surface area (Å²) in [5, 5.41) is 1.09. The van der Waals surface area contributed by atoms with Crippen LogP contribution in [-0.4, -0.2) is 9.19 Å². The van der Waals surface area contributed by atoms with Gasteiger partial charge in [-0.25, -0.2) is 4.21 Å². The van der Waals surface area contributed by atoms with Crippen LogP contribution in [-0.2, 0) is 11.0 Å². The van der Waals surface area contributed by atoms with Gasteiger partial charge in [0.15, 0.2) is 11.0 Å². The van der Waals surface area contributed by atoms with E-state index in [-0.39, 0.29) is 0 Å². The summed E-state index contributed by atoms with van der Waals surface area (Å²) in [4.78, 5) is 5.29. The average molecular weight is 280 g/mol. The highest BCUT2D eigenvalue weighted by Gasteiger charge is 2.23. The topological polar surface area (TPSA) is 42.0 Å². The third-order valence-electron chi connectivity index (χ3n) is 3.67. The monoisotopic (exact) mass is 280 g/mol. The van der Waals surface area contributed by atoms with Gasteiger partial charge in [0.1, 0.15) is 0 Å². The summed E-state index contributed by atoms with van der Waals surface area (Å²) in [5.41, 5.74) is 5.02. The number of hydrogen-bond acceptors (Lipinski definition) is 2. The Kier molecular flexibility index (Phi) is 2.41. The number of nitrogens with one attached hydrogen (secondary N) is 1. The number of pyridine rings is 1. The van der Waals surface area contributed by atoms with Crippen LogP contribution in [0, 0.1) is 6.92 Å². The second-order valence-corrected chi connectivity index (χ2v) is 6.06. The van der Waals surface area contributed by atoms with Gasteiger partial charge in [-0.05, 0) is 30.7 Å². The number of benzene rings is 2. The minimum absolute atomic E-state index is 0.828. The molecule has 0 amide bonds. The van der Waals surface area contributed by atoms with Crippen molar-refractivity contribution in [2.45, 2.75) is 11.8 Å². The first-order valence-electron chi connectivity index (χ1n) is 6.42. The maximum Gasteiger partial charge on any atom is 0.151 e. The van der Waals surface area contributed by atoms with Crippen molar-refractivity contribution in [1.29, 1.82) is 0 Å². The van der Waals surface area contributed by atoms with Gasteiger partial charge in [-0.3, -0.25) is 9.71 Å². The van der Waals surface area contributed by atoms with Gasteiger partial charge in [0.2, 0.25) is 0 Å². The van der Waals surface area contributed by atoms with Gasteiger partial charge in [0.25, 0.3) is 0 Å². The lowest BCUT2D eigenvalue weighted by Crippen LogP contribution is -2.13. The summed E-state index contributed by atoms with van der Waals surface area (Å²) >= 11 is 0. The summed E-state index contributed by atoms with van der Waals surface area (Å²) in [6.07, 6.45) is 1.77. The highest BCUT2D eigenvalue weighted by Crippen LogP contribution is 2.41. The van der Waals surface area contributed by atoms with Crippen molar-refractivity contribution in [2.75, 3.05) is 4.72 Å². The van der Waals surface area contributed by atoms with E-state index in [1.807, 2.05) is 36.4 Å². The Morgan fingerprint density at radius 2 is 1.95 bits per heavy atom. The fraction of sp³-hybridized carbons (Fsp3) is 0.0625. The highest BCUT2D eigenvalue weighted by atomic mass is 32.2. The molecule has 2 aromatic carbocycles. The van der Waals surface area contributed by atoms with Crippen LogP contribution in [0.4, 0.5) is 5.69 Å². The van der Waals surface area contributed by atoms with Crippen molar-refractivity contribution < 1.29 is 4.21 Å². The number of aromatic nitrogens is 1. The number of anilines is 1. The number of nitrogens with zero attached hydrogens (tertiary/aromatic N) is 1. The van der Waals surface area contributed by atoms with Crippen LogP contribution >= 0.6 is 0 Å². The fourth-order valence-corrected chi connectivity index (χ4v) is 3.81. The lowest BCUT2D eigenvalue weighted by atomic mass is 9.97. The zero-order chi connectivity index (χ0) is 13.7. The molecule has 1 aromatic heterocycles. The van der Waals surface area contributed by atoms with Gasteiger partial charge in [-0.1, -0.05) is 24.3 Å². The van der Waals surface area contributed by atoms with Gasteiger partial charge in [0.05, 0.1) is 16.1 Å². The molecule has 1 unspecified atom stereocenters. The van der Waals surface area contributed by atoms with E-state index in [2.05, 4.69) is 22.7 Å². The van der Waals surface area contributed by atoms with E-state index >= 15 is 0 Å². The molecule has 1 aliphatic rings. The van der Waals surface area contributed by atoms with Crippen LogP contribution in [0.25, 0.3) is 22.0 Å². The normalized spacial score (nSPS) is 16.4. The Morgan fingerprint density at radius 1 is 1.10 bits per heavy atom. The van der Waals surface area contributed by atoms with Gasteiger partial charge < -0.3 is 0 Å². The molecule has 4 rings (SSSR count). The van der Waals surface area contributed by atoms with E-state index in [1.165, 1.54) is 5.56 Å². The van der Waals surface area contributed by atoms with E-state index in [0.29, 0.717) is 0 Å². The van der Waals surface area contributed by atoms with Crippen LogP contribution in [0.2, 0.25) is 0 Å². The molecule has 0 fully saturated rings. The predicted molar refractivity (Wildman–Crippen MR) is 81.9 cm³/mol. The second-order valence-electron chi connectivity index (χ2n) is 4.88. The highest BCUT2D eigenvalue weighted by molar-refractivity contribution is 7.86. The first-order chi connectivity index (χ1) is 9.75. The predicted octanol–water partition coefficient (Wildman–Crippen LogP) is 3.66. The average Bonchev–Trinajstić information content (AvgIpc) is 2.49. The third-order valence-corrected chi connectivity index (χ3v) is 4.82. The molecule has 98 valence electrons. The lowest BCUT2D eigenvalue weighted by Gasteiger charge is -2.22. The van der Waals surface area contributed by atoms with Crippen molar-refractivity contribution in [2.24, 2.45) is 0 Å². The summed E-state index contributed by atoms with van der Waals surface area (Å²) < 4.78 is 15.4. The zero-order valence-electron chi connectivity index (χ0n) is 10.9. The molecule has 0 saturated carbocycles. The molecule has 1 atom stereocenters. The van der Waals surface area contributed by atoms with Crippen LogP contribution in [0.1, 0.15) is 5.56 Å². The minimum Gasteiger partial charge on any atom is -0.298 e. The van der Waals surface area contributed by atoms with Crippen molar-refractivity contribution in [3.8, 4) is 11.1 Å². The minimum atomic E-state index is -1.23. The molecular formula is C16H12N2OS. The summed E-state index contributed by atoms with van der Waals surface area (Å²) in [7, 11) is -1.23. The molecule has 0 aliphatic carbocycles.